The normalized spacial score (nSPS) is 17.1. The maximum absolute atomic E-state index is 12.6. The van der Waals surface area contributed by atoms with Crippen LogP contribution >= 0.6 is 11.3 Å². The molecular formula is C20H25N5O2S. The number of hydrogen-bond donors (Lipinski definition) is 1. The van der Waals surface area contributed by atoms with Crippen molar-refractivity contribution in [3.63, 3.8) is 0 Å². The smallest absolute Gasteiger partial charge is 0.272 e. The molecule has 0 aliphatic carbocycles. The predicted octanol–water partition coefficient (Wildman–Crippen LogP) is 3.05. The van der Waals surface area contributed by atoms with E-state index in [0.29, 0.717) is 5.69 Å². The van der Waals surface area contributed by atoms with Gasteiger partial charge in [-0.25, -0.2) is 4.98 Å². The molecule has 1 aromatic carbocycles. The van der Waals surface area contributed by atoms with Crippen LogP contribution in [0.4, 0.5) is 5.13 Å². The summed E-state index contributed by atoms with van der Waals surface area (Å²) in [5.74, 6) is 0.688. The van der Waals surface area contributed by atoms with Gasteiger partial charge in [-0.3, -0.25) is 9.48 Å². The van der Waals surface area contributed by atoms with Gasteiger partial charge in [0.25, 0.3) is 5.91 Å². The molecule has 1 atom stereocenters. The van der Waals surface area contributed by atoms with Gasteiger partial charge in [-0.2, -0.15) is 5.10 Å². The van der Waals surface area contributed by atoms with Crippen molar-refractivity contribution in [3.05, 3.63) is 35.2 Å². The van der Waals surface area contributed by atoms with Crippen molar-refractivity contribution in [1.29, 1.82) is 0 Å². The number of aryl methyl sites for hydroxylation is 3. The number of methoxy groups -OCH3 is 1. The van der Waals surface area contributed by atoms with Gasteiger partial charge in [0.05, 0.1) is 11.8 Å². The molecule has 1 fully saturated rings. The Kier molecular flexibility index (Phi) is 4.97. The number of rotatable bonds is 4. The van der Waals surface area contributed by atoms with E-state index in [1.807, 2.05) is 26.1 Å². The first-order valence-electron chi connectivity index (χ1n) is 9.47. The fourth-order valence-corrected chi connectivity index (χ4v) is 4.68. The van der Waals surface area contributed by atoms with Crippen LogP contribution in [-0.4, -0.2) is 46.9 Å². The van der Waals surface area contributed by atoms with Gasteiger partial charge in [0.1, 0.15) is 17.0 Å². The number of carbonyl (C=O) groups excluding carboxylic acids is 1. The van der Waals surface area contributed by atoms with E-state index < -0.39 is 0 Å². The van der Waals surface area contributed by atoms with Gasteiger partial charge in [-0.05, 0) is 44.4 Å². The Hall–Kier alpha value is -2.61. The molecular weight excluding hydrogens is 374 g/mol. The molecule has 8 heteroatoms. The monoisotopic (exact) mass is 399 g/mol. The average Bonchev–Trinajstić information content (AvgIpc) is 3.27. The lowest BCUT2D eigenvalue weighted by atomic mass is 10.1. The number of hydrogen-bond acceptors (Lipinski definition) is 6. The van der Waals surface area contributed by atoms with Crippen LogP contribution in [0.1, 0.15) is 34.6 Å². The highest BCUT2D eigenvalue weighted by molar-refractivity contribution is 7.22. The number of aromatic nitrogens is 3. The Morgan fingerprint density at radius 3 is 2.89 bits per heavy atom. The Morgan fingerprint density at radius 1 is 1.36 bits per heavy atom. The lowest BCUT2D eigenvalue weighted by molar-refractivity contribution is 0.0927. The first kappa shape index (κ1) is 18.7. The maximum Gasteiger partial charge on any atom is 0.272 e. The second-order valence-electron chi connectivity index (χ2n) is 7.31. The SMILES string of the molecule is COc1ccc(C)c2sc(N3CCCC(NC(=O)c4cc(C)n(C)n4)C3)nc12. The number of nitrogens with zero attached hydrogens (tertiary/aromatic N) is 4. The number of anilines is 1. The van der Waals surface area contributed by atoms with Crippen molar-refractivity contribution < 1.29 is 9.53 Å². The largest absolute Gasteiger partial charge is 0.494 e. The van der Waals surface area contributed by atoms with Gasteiger partial charge in [0.2, 0.25) is 0 Å². The van der Waals surface area contributed by atoms with E-state index in [1.54, 1.807) is 23.1 Å². The Bertz CT molecular complexity index is 1010. The van der Waals surface area contributed by atoms with Gasteiger partial charge in [-0.1, -0.05) is 17.4 Å². The van der Waals surface area contributed by atoms with Crippen LogP contribution in [0.15, 0.2) is 18.2 Å². The van der Waals surface area contributed by atoms with E-state index in [2.05, 4.69) is 28.3 Å². The molecule has 0 saturated carbocycles. The van der Waals surface area contributed by atoms with E-state index in [1.165, 1.54) is 5.56 Å². The lowest BCUT2D eigenvalue weighted by Crippen LogP contribution is -2.47. The molecule has 3 heterocycles. The molecule has 0 spiro atoms. The third-order valence-electron chi connectivity index (χ3n) is 5.29. The van der Waals surface area contributed by atoms with Crippen molar-refractivity contribution in [2.24, 2.45) is 7.05 Å². The number of thiazole rings is 1. The molecule has 7 nitrogen and oxygen atoms in total. The summed E-state index contributed by atoms with van der Waals surface area (Å²) in [4.78, 5) is 19.7. The van der Waals surface area contributed by atoms with Gasteiger partial charge in [0.15, 0.2) is 5.13 Å². The van der Waals surface area contributed by atoms with E-state index >= 15 is 0 Å². The number of carbonyl (C=O) groups is 1. The number of amides is 1. The molecule has 3 aromatic rings. The number of ether oxygens (including phenoxy) is 1. The van der Waals surface area contributed by atoms with E-state index in [9.17, 15) is 4.79 Å². The van der Waals surface area contributed by atoms with Crippen molar-refractivity contribution in [2.75, 3.05) is 25.1 Å². The molecule has 0 radical (unpaired) electrons. The van der Waals surface area contributed by atoms with Crippen molar-refractivity contribution >= 4 is 32.6 Å². The van der Waals surface area contributed by atoms with Crippen LogP contribution in [0.25, 0.3) is 10.2 Å². The number of fused-ring (bicyclic) bond motifs is 1. The van der Waals surface area contributed by atoms with Crippen LogP contribution < -0.4 is 15.0 Å². The van der Waals surface area contributed by atoms with Gasteiger partial charge in [0, 0.05) is 31.9 Å². The minimum atomic E-state index is -0.114. The molecule has 1 aliphatic heterocycles. The molecule has 1 amide bonds. The molecule has 1 aliphatic rings. The minimum absolute atomic E-state index is 0.0820. The number of benzene rings is 1. The van der Waals surface area contributed by atoms with Crippen molar-refractivity contribution in [1.82, 2.24) is 20.1 Å². The molecule has 1 saturated heterocycles. The minimum Gasteiger partial charge on any atom is -0.494 e. The summed E-state index contributed by atoms with van der Waals surface area (Å²) in [6.45, 7) is 5.72. The Morgan fingerprint density at radius 2 is 2.18 bits per heavy atom. The first-order chi connectivity index (χ1) is 13.5. The number of piperidine rings is 1. The highest BCUT2D eigenvalue weighted by Crippen LogP contribution is 2.37. The average molecular weight is 400 g/mol. The van der Waals surface area contributed by atoms with Gasteiger partial charge < -0.3 is 15.0 Å². The van der Waals surface area contributed by atoms with Gasteiger partial charge in [-0.15, -0.1) is 0 Å². The van der Waals surface area contributed by atoms with E-state index in [-0.39, 0.29) is 11.9 Å². The third-order valence-corrected chi connectivity index (χ3v) is 6.54. The summed E-state index contributed by atoms with van der Waals surface area (Å²) >= 11 is 1.69. The van der Waals surface area contributed by atoms with E-state index in [4.69, 9.17) is 9.72 Å². The summed E-state index contributed by atoms with van der Waals surface area (Å²) in [6.07, 6.45) is 1.97. The summed E-state index contributed by atoms with van der Waals surface area (Å²) in [5.41, 5.74) is 3.55. The summed E-state index contributed by atoms with van der Waals surface area (Å²) in [6, 6.07) is 5.93. The van der Waals surface area contributed by atoms with Crippen LogP contribution in [0.3, 0.4) is 0 Å². The second-order valence-corrected chi connectivity index (χ2v) is 8.29. The van der Waals surface area contributed by atoms with Crippen LogP contribution in [0, 0.1) is 13.8 Å². The van der Waals surface area contributed by atoms with E-state index in [0.717, 1.165) is 52.7 Å². The fourth-order valence-electron chi connectivity index (χ4n) is 3.60. The highest BCUT2D eigenvalue weighted by Gasteiger charge is 2.25. The quantitative estimate of drug-likeness (QED) is 0.730. The molecule has 148 valence electrons. The highest BCUT2D eigenvalue weighted by atomic mass is 32.1. The predicted molar refractivity (Wildman–Crippen MR) is 112 cm³/mol. The van der Waals surface area contributed by atoms with Gasteiger partial charge >= 0.3 is 0 Å². The molecule has 4 rings (SSSR count). The lowest BCUT2D eigenvalue weighted by Gasteiger charge is -2.32. The molecule has 0 bridgehead atoms. The molecule has 2 aromatic heterocycles. The zero-order chi connectivity index (χ0) is 19.8. The Labute approximate surface area is 168 Å². The first-order valence-corrected chi connectivity index (χ1v) is 10.3. The molecule has 1 unspecified atom stereocenters. The topological polar surface area (TPSA) is 72.3 Å². The summed E-state index contributed by atoms with van der Waals surface area (Å²) in [5, 5.41) is 8.40. The van der Waals surface area contributed by atoms with Crippen molar-refractivity contribution in [2.45, 2.75) is 32.7 Å². The summed E-state index contributed by atoms with van der Waals surface area (Å²) < 4.78 is 8.36. The zero-order valence-electron chi connectivity index (χ0n) is 16.7. The molecule has 28 heavy (non-hydrogen) atoms. The van der Waals surface area contributed by atoms with Crippen molar-refractivity contribution in [3.8, 4) is 5.75 Å². The molecule has 1 N–H and O–H groups in total. The fraction of sp³-hybridized carbons (Fsp3) is 0.450. The standard InChI is InChI=1S/C20H25N5O2S/c1-12-7-8-16(27-4)17-18(12)28-20(22-17)25-9-5-6-14(11-25)21-19(26)15-10-13(2)24(3)23-15/h7-8,10,14H,5-6,9,11H2,1-4H3,(H,21,26). The summed E-state index contributed by atoms with van der Waals surface area (Å²) in [7, 11) is 3.52. The zero-order valence-corrected chi connectivity index (χ0v) is 17.5. The van der Waals surface area contributed by atoms with Crippen LogP contribution in [0.2, 0.25) is 0 Å². The van der Waals surface area contributed by atoms with Crippen LogP contribution in [-0.2, 0) is 7.05 Å². The third kappa shape index (κ3) is 3.44. The van der Waals surface area contributed by atoms with Crippen LogP contribution in [0.5, 0.6) is 5.75 Å². The maximum atomic E-state index is 12.6. The Balaban J connectivity index is 1.51. The number of nitrogens with one attached hydrogen (secondary N) is 1. The second kappa shape index (κ2) is 7.43.